The van der Waals surface area contributed by atoms with Crippen molar-refractivity contribution in [2.24, 2.45) is 0 Å². The number of aromatic nitrogens is 2. The van der Waals surface area contributed by atoms with Gasteiger partial charge in [0, 0.05) is 6.20 Å². The predicted molar refractivity (Wildman–Crippen MR) is 65.1 cm³/mol. The Labute approximate surface area is 102 Å². The molecule has 0 saturated heterocycles. The summed E-state index contributed by atoms with van der Waals surface area (Å²) < 4.78 is 8.31. The van der Waals surface area contributed by atoms with E-state index in [0.29, 0.717) is 0 Å². The highest BCUT2D eigenvalue weighted by Crippen LogP contribution is 2.25. The molecule has 0 aliphatic heterocycles. The third-order valence-corrected chi connectivity index (χ3v) is 2.78. The molecule has 6 heteroatoms. The number of anilines is 1. The first-order chi connectivity index (χ1) is 8.26. The van der Waals surface area contributed by atoms with Crippen molar-refractivity contribution in [1.29, 1.82) is 10.5 Å². The first-order valence-corrected chi connectivity index (χ1v) is 5.48. The minimum absolute atomic E-state index is 0.0181. The molecule has 0 bridgehead atoms. The minimum atomic E-state index is 0.0181. The van der Waals surface area contributed by atoms with Crippen LogP contribution in [0.25, 0.3) is 11.0 Å². The van der Waals surface area contributed by atoms with Gasteiger partial charge in [-0.25, -0.2) is 0 Å². The Balaban J connectivity index is 2.46. The lowest BCUT2D eigenvalue weighted by Gasteiger charge is -2.05. The van der Waals surface area contributed by atoms with Crippen molar-refractivity contribution in [3.05, 3.63) is 29.5 Å². The molecule has 2 aromatic rings. The smallest absolute Gasteiger partial charge is 0.145 e. The number of fused-ring (bicyclic) bond motifs is 1. The molecule has 17 heavy (non-hydrogen) atoms. The number of nitrogens with zero attached hydrogens (tertiary/aromatic N) is 4. The van der Waals surface area contributed by atoms with E-state index in [1.54, 1.807) is 12.1 Å². The van der Waals surface area contributed by atoms with Crippen molar-refractivity contribution in [1.82, 2.24) is 8.75 Å². The zero-order chi connectivity index (χ0) is 12.3. The highest BCUT2D eigenvalue weighted by atomic mass is 32.1. The van der Waals surface area contributed by atoms with Crippen molar-refractivity contribution in [2.45, 2.75) is 6.92 Å². The van der Waals surface area contributed by atoms with Gasteiger partial charge in [0.15, 0.2) is 0 Å². The van der Waals surface area contributed by atoms with Crippen LogP contribution in [0.15, 0.2) is 23.9 Å². The second-order valence-corrected chi connectivity index (χ2v) is 3.84. The summed E-state index contributed by atoms with van der Waals surface area (Å²) in [6, 6.07) is 7.38. The molecule has 1 N–H and O–H groups in total. The van der Waals surface area contributed by atoms with E-state index >= 15 is 0 Å². The third kappa shape index (κ3) is 2.07. The van der Waals surface area contributed by atoms with Crippen LogP contribution in [-0.4, -0.2) is 8.75 Å². The summed E-state index contributed by atoms with van der Waals surface area (Å²) in [5.41, 5.74) is 3.33. The van der Waals surface area contributed by atoms with Crippen molar-refractivity contribution < 1.29 is 0 Å². The molecule has 0 spiro atoms. The maximum atomic E-state index is 8.64. The normalized spacial score (nSPS) is 9.35. The third-order valence-electron chi connectivity index (χ3n) is 2.24. The molecule has 0 atom stereocenters. The highest BCUT2D eigenvalue weighted by molar-refractivity contribution is 7.00. The average molecular weight is 241 g/mol. The van der Waals surface area contributed by atoms with Crippen molar-refractivity contribution in [3.8, 4) is 12.1 Å². The molecule has 2 rings (SSSR count). The summed E-state index contributed by atoms with van der Waals surface area (Å²) in [6.45, 7) is 1.92. The van der Waals surface area contributed by atoms with Crippen LogP contribution in [0.3, 0.4) is 0 Å². The lowest BCUT2D eigenvalue weighted by Crippen LogP contribution is -1.94. The monoisotopic (exact) mass is 241 g/mol. The SMILES string of the molecule is Cc1ccc2nsnc2c1NC=C(C#N)C#N. The van der Waals surface area contributed by atoms with Gasteiger partial charge in [-0.15, -0.1) is 0 Å². The molecule has 1 aromatic carbocycles. The summed E-state index contributed by atoms with van der Waals surface area (Å²) in [5, 5.41) is 20.2. The minimum Gasteiger partial charge on any atom is -0.358 e. The topological polar surface area (TPSA) is 85.4 Å². The zero-order valence-electron chi connectivity index (χ0n) is 8.93. The van der Waals surface area contributed by atoms with Gasteiger partial charge in [-0.05, 0) is 18.6 Å². The van der Waals surface area contributed by atoms with Gasteiger partial charge in [-0.2, -0.15) is 19.3 Å². The largest absolute Gasteiger partial charge is 0.358 e. The fourth-order valence-corrected chi connectivity index (χ4v) is 1.91. The van der Waals surface area contributed by atoms with E-state index < -0.39 is 0 Å². The fraction of sp³-hybridized carbons (Fsp3) is 0.0909. The van der Waals surface area contributed by atoms with Crippen LogP contribution >= 0.6 is 11.7 Å². The predicted octanol–water partition coefficient (Wildman–Crippen LogP) is 2.34. The summed E-state index contributed by atoms with van der Waals surface area (Å²) in [5.74, 6) is 0. The van der Waals surface area contributed by atoms with Gasteiger partial charge < -0.3 is 5.32 Å². The molecule has 0 radical (unpaired) electrons. The van der Waals surface area contributed by atoms with Crippen LogP contribution in [0.1, 0.15) is 5.56 Å². The zero-order valence-corrected chi connectivity index (χ0v) is 9.75. The number of hydrogen-bond donors (Lipinski definition) is 1. The van der Waals surface area contributed by atoms with Crippen LogP contribution in [0.4, 0.5) is 5.69 Å². The van der Waals surface area contributed by atoms with Gasteiger partial charge in [-0.1, -0.05) is 6.07 Å². The van der Waals surface area contributed by atoms with Gasteiger partial charge in [0.05, 0.1) is 17.4 Å². The molecular formula is C11H7N5S. The molecule has 82 valence electrons. The molecule has 0 fully saturated rings. The number of hydrogen-bond acceptors (Lipinski definition) is 6. The molecule has 0 aliphatic carbocycles. The van der Waals surface area contributed by atoms with E-state index in [9.17, 15) is 0 Å². The van der Waals surface area contributed by atoms with Crippen LogP contribution in [0.5, 0.6) is 0 Å². The van der Waals surface area contributed by atoms with Gasteiger partial charge >= 0.3 is 0 Å². The van der Waals surface area contributed by atoms with Crippen molar-refractivity contribution >= 4 is 28.4 Å². The number of nitrogens with one attached hydrogen (secondary N) is 1. The van der Waals surface area contributed by atoms with E-state index in [1.165, 1.54) is 6.20 Å². The number of allylic oxidation sites excluding steroid dienone is 1. The molecule has 0 aliphatic rings. The summed E-state index contributed by atoms with van der Waals surface area (Å²) in [4.78, 5) is 0. The van der Waals surface area contributed by atoms with Crippen molar-refractivity contribution in [2.75, 3.05) is 5.32 Å². The Kier molecular flexibility index (Phi) is 2.99. The first-order valence-electron chi connectivity index (χ1n) is 4.75. The van der Waals surface area contributed by atoms with Gasteiger partial charge in [0.25, 0.3) is 0 Å². The second-order valence-electron chi connectivity index (χ2n) is 3.32. The number of rotatable bonds is 2. The van der Waals surface area contributed by atoms with Crippen LogP contribution in [0, 0.1) is 29.6 Å². The van der Waals surface area contributed by atoms with Gasteiger partial charge in [-0.3, -0.25) is 0 Å². The molecule has 0 unspecified atom stereocenters. The number of benzene rings is 1. The number of aryl methyl sites for hydroxylation is 1. The Morgan fingerprint density at radius 1 is 1.35 bits per heavy atom. The van der Waals surface area contributed by atoms with Gasteiger partial charge in [0.2, 0.25) is 0 Å². The highest BCUT2D eigenvalue weighted by Gasteiger charge is 2.07. The Morgan fingerprint density at radius 2 is 2.12 bits per heavy atom. The Bertz CT molecular complexity index is 655. The summed E-state index contributed by atoms with van der Waals surface area (Å²) in [6.07, 6.45) is 1.38. The Hall–Kier alpha value is -2.44. The molecule has 0 saturated carbocycles. The van der Waals surface area contributed by atoms with Crippen LogP contribution in [-0.2, 0) is 0 Å². The molecule has 1 aromatic heterocycles. The second kappa shape index (κ2) is 4.60. The fourth-order valence-electron chi connectivity index (χ4n) is 1.37. The van der Waals surface area contributed by atoms with Crippen LogP contribution < -0.4 is 5.32 Å². The first kappa shape index (κ1) is 11.1. The van der Waals surface area contributed by atoms with Crippen LogP contribution in [0.2, 0.25) is 0 Å². The van der Waals surface area contributed by atoms with E-state index in [2.05, 4.69) is 14.1 Å². The molecular weight excluding hydrogens is 234 g/mol. The standard InChI is InChI=1S/C11H7N5S/c1-7-2-3-9-11(16-17-15-9)10(7)14-6-8(4-12)5-13/h2-3,6,14H,1H3. The Morgan fingerprint density at radius 3 is 2.82 bits per heavy atom. The summed E-state index contributed by atoms with van der Waals surface area (Å²) in [7, 11) is 0. The average Bonchev–Trinajstić information content (AvgIpc) is 2.81. The van der Waals surface area contributed by atoms with Gasteiger partial charge in [0.1, 0.15) is 28.7 Å². The molecule has 0 amide bonds. The van der Waals surface area contributed by atoms with E-state index in [0.717, 1.165) is 34.0 Å². The van der Waals surface area contributed by atoms with E-state index in [1.807, 2.05) is 19.1 Å². The lowest BCUT2D eigenvalue weighted by atomic mass is 10.1. The lowest BCUT2D eigenvalue weighted by molar-refractivity contribution is 1.42. The van der Waals surface area contributed by atoms with Crippen molar-refractivity contribution in [3.63, 3.8) is 0 Å². The molecule has 1 heterocycles. The maximum absolute atomic E-state index is 8.64. The van der Waals surface area contributed by atoms with E-state index in [-0.39, 0.29) is 5.57 Å². The summed E-state index contributed by atoms with van der Waals surface area (Å²) >= 11 is 1.13. The number of nitriles is 2. The maximum Gasteiger partial charge on any atom is 0.145 e. The quantitative estimate of drug-likeness (QED) is 0.815. The molecule has 5 nitrogen and oxygen atoms in total. The van der Waals surface area contributed by atoms with E-state index in [4.69, 9.17) is 10.5 Å².